The van der Waals surface area contributed by atoms with Gasteiger partial charge in [-0.1, -0.05) is 91.0 Å². The van der Waals surface area contributed by atoms with Gasteiger partial charge in [0.2, 0.25) is 0 Å². The van der Waals surface area contributed by atoms with Crippen molar-refractivity contribution in [2.24, 2.45) is 0 Å². The fourth-order valence-electron chi connectivity index (χ4n) is 4.27. The molecule has 1 heterocycles. The summed E-state index contributed by atoms with van der Waals surface area (Å²) in [6.45, 7) is 2.78. The van der Waals surface area contributed by atoms with Gasteiger partial charge in [-0.25, -0.2) is 0 Å². The molecule has 0 unspecified atom stereocenters. The highest BCUT2D eigenvalue weighted by Crippen LogP contribution is 2.32. The highest BCUT2D eigenvalue weighted by Gasteiger charge is 2.50. The fourth-order valence-corrected chi connectivity index (χ4v) is 4.27. The zero-order chi connectivity index (χ0) is 24.5. The first-order chi connectivity index (χ1) is 17.2. The van der Waals surface area contributed by atoms with Gasteiger partial charge in [-0.15, -0.1) is 0 Å². The maximum absolute atomic E-state index is 10.6. The first kappa shape index (κ1) is 25.5. The van der Waals surface area contributed by atoms with Crippen LogP contribution in [0.4, 0.5) is 0 Å². The van der Waals surface area contributed by atoms with Crippen LogP contribution in [0.3, 0.4) is 0 Å². The Bertz CT molecular complexity index is 982. The van der Waals surface area contributed by atoms with E-state index in [-0.39, 0.29) is 0 Å². The Kier molecular flexibility index (Phi) is 9.42. The third-order valence-corrected chi connectivity index (χ3v) is 6.09. The average molecular weight is 479 g/mol. The molecule has 0 aromatic heterocycles. The van der Waals surface area contributed by atoms with E-state index in [1.54, 1.807) is 14.0 Å². The van der Waals surface area contributed by atoms with Gasteiger partial charge in [0.15, 0.2) is 6.29 Å². The third kappa shape index (κ3) is 6.98. The zero-order valence-corrected chi connectivity index (χ0v) is 20.2. The van der Waals surface area contributed by atoms with Crippen molar-refractivity contribution in [2.75, 3.05) is 7.11 Å². The van der Waals surface area contributed by atoms with Crippen molar-refractivity contribution in [3.8, 4) is 0 Å². The number of benzene rings is 3. The SMILES string of the molecule is CO[C@H]1O[C@H]([C@@H](C)O)[C@@H](OCc2ccccc2)[C@H](OCc2ccccc2)[C@H]1OCc1ccccc1. The normalized spacial score (nSPS) is 25.3. The van der Waals surface area contributed by atoms with Crippen LogP contribution in [0.1, 0.15) is 23.6 Å². The summed E-state index contributed by atoms with van der Waals surface area (Å²) in [5, 5.41) is 10.6. The molecule has 4 rings (SSSR count). The third-order valence-electron chi connectivity index (χ3n) is 6.09. The number of methoxy groups -OCH3 is 1. The van der Waals surface area contributed by atoms with Gasteiger partial charge in [0.1, 0.15) is 24.4 Å². The van der Waals surface area contributed by atoms with Crippen molar-refractivity contribution in [3.63, 3.8) is 0 Å². The molecule has 1 saturated heterocycles. The summed E-state index contributed by atoms with van der Waals surface area (Å²) in [4.78, 5) is 0. The van der Waals surface area contributed by atoms with Crippen LogP contribution in [-0.2, 0) is 43.5 Å². The minimum Gasteiger partial charge on any atom is -0.391 e. The standard InChI is InChI=1S/C29H34O6/c1-21(30)25-26(32-18-22-12-6-3-7-13-22)27(33-19-23-14-8-4-9-15-23)28(29(31-2)35-25)34-20-24-16-10-5-11-17-24/h3-17,21,25-30H,18-20H2,1-2H3/t21-,25-,26-,27+,28-,29+/m1/s1. The van der Waals surface area contributed by atoms with Gasteiger partial charge >= 0.3 is 0 Å². The molecule has 0 radical (unpaired) electrons. The zero-order valence-electron chi connectivity index (χ0n) is 20.2. The van der Waals surface area contributed by atoms with Crippen molar-refractivity contribution in [3.05, 3.63) is 108 Å². The largest absolute Gasteiger partial charge is 0.391 e. The fraction of sp³-hybridized carbons (Fsp3) is 0.379. The Morgan fingerprint density at radius 1 is 0.657 bits per heavy atom. The van der Waals surface area contributed by atoms with E-state index in [2.05, 4.69) is 0 Å². The molecule has 186 valence electrons. The Morgan fingerprint density at radius 2 is 1.06 bits per heavy atom. The van der Waals surface area contributed by atoms with Gasteiger partial charge in [-0.2, -0.15) is 0 Å². The van der Waals surface area contributed by atoms with Gasteiger partial charge in [0.25, 0.3) is 0 Å². The van der Waals surface area contributed by atoms with Crippen LogP contribution >= 0.6 is 0 Å². The molecule has 0 amide bonds. The van der Waals surface area contributed by atoms with Gasteiger partial charge in [-0.05, 0) is 23.6 Å². The van der Waals surface area contributed by atoms with Crippen molar-refractivity contribution in [2.45, 2.75) is 63.6 Å². The number of hydrogen-bond acceptors (Lipinski definition) is 6. The number of hydrogen-bond donors (Lipinski definition) is 1. The minimum absolute atomic E-state index is 0.354. The Morgan fingerprint density at radius 3 is 1.46 bits per heavy atom. The molecule has 1 aliphatic rings. The van der Waals surface area contributed by atoms with E-state index >= 15 is 0 Å². The van der Waals surface area contributed by atoms with Crippen LogP contribution in [0, 0.1) is 0 Å². The molecule has 0 saturated carbocycles. The van der Waals surface area contributed by atoms with Crippen molar-refractivity contribution < 1.29 is 28.8 Å². The predicted octanol–water partition coefficient (Wildman–Crippen LogP) is 4.49. The lowest BCUT2D eigenvalue weighted by molar-refractivity contribution is -0.328. The highest BCUT2D eigenvalue weighted by atomic mass is 16.7. The van der Waals surface area contributed by atoms with E-state index in [1.807, 2.05) is 91.0 Å². The molecule has 6 heteroatoms. The molecule has 0 bridgehead atoms. The van der Waals surface area contributed by atoms with E-state index in [9.17, 15) is 5.11 Å². The first-order valence-corrected chi connectivity index (χ1v) is 12.0. The summed E-state index contributed by atoms with van der Waals surface area (Å²) >= 11 is 0. The van der Waals surface area contributed by atoms with Gasteiger partial charge in [0.05, 0.1) is 25.9 Å². The quantitative estimate of drug-likeness (QED) is 0.438. The van der Waals surface area contributed by atoms with Crippen molar-refractivity contribution in [1.82, 2.24) is 0 Å². The maximum atomic E-state index is 10.6. The molecule has 1 fully saturated rings. The van der Waals surface area contributed by atoms with Crippen LogP contribution in [0.5, 0.6) is 0 Å². The number of aliphatic hydroxyl groups is 1. The molecule has 35 heavy (non-hydrogen) atoms. The Hall–Kier alpha value is -2.58. The van der Waals surface area contributed by atoms with Gasteiger partial charge in [0, 0.05) is 7.11 Å². The van der Waals surface area contributed by atoms with Crippen molar-refractivity contribution in [1.29, 1.82) is 0 Å². The highest BCUT2D eigenvalue weighted by molar-refractivity contribution is 5.15. The second-order valence-electron chi connectivity index (χ2n) is 8.73. The molecule has 6 nitrogen and oxygen atoms in total. The van der Waals surface area contributed by atoms with E-state index in [4.69, 9.17) is 23.7 Å². The van der Waals surface area contributed by atoms with Crippen LogP contribution in [0.15, 0.2) is 91.0 Å². The lowest BCUT2D eigenvalue weighted by Crippen LogP contribution is -2.62. The number of ether oxygens (including phenoxy) is 5. The van der Waals surface area contributed by atoms with Crippen LogP contribution in [-0.4, -0.2) is 49.0 Å². The number of rotatable bonds is 11. The molecule has 3 aromatic carbocycles. The van der Waals surface area contributed by atoms with E-state index in [0.29, 0.717) is 19.8 Å². The summed E-state index contributed by atoms with van der Waals surface area (Å²) in [6, 6.07) is 29.8. The Labute approximate surface area is 207 Å². The summed E-state index contributed by atoms with van der Waals surface area (Å²) in [5.74, 6) is 0. The Balaban J connectivity index is 1.59. The van der Waals surface area contributed by atoms with Crippen LogP contribution < -0.4 is 0 Å². The lowest BCUT2D eigenvalue weighted by atomic mass is 9.94. The van der Waals surface area contributed by atoms with E-state index in [0.717, 1.165) is 16.7 Å². The predicted molar refractivity (Wildman–Crippen MR) is 132 cm³/mol. The number of aliphatic hydroxyl groups excluding tert-OH is 1. The molecule has 0 aliphatic carbocycles. The van der Waals surface area contributed by atoms with Crippen LogP contribution in [0.2, 0.25) is 0 Å². The monoisotopic (exact) mass is 478 g/mol. The molecular formula is C29H34O6. The molecule has 0 spiro atoms. The molecule has 1 aliphatic heterocycles. The summed E-state index contributed by atoms with van der Waals surface area (Å²) in [5.41, 5.74) is 3.09. The van der Waals surface area contributed by atoms with Crippen molar-refractivity contribution >= 4 is 0 Å². The van der Waals surface area contributed by atoms with E-state index < -0.39 is 36.8 Å². The summed E-state index contributed by atoms with van der Waals surface area (Å²) in [7, 11) is 1.57. The lowest BCUT2D eigenvalue weighted by Gasteiger charge is -2.46. The smallest absolute Gasteiger partial charge is 0.186 e. The maximum Gasteiger partial charge on any atom is 0.186 e. The van der Waals surface area contributed by atoms with Crippen LogP contribution in [0.25, 0.3) is 0 Å². The minimum atomic E-state index is -0.800. The molecule has 6 atom stereocenters. The topological polar surface area (TPSA) is 66.4 Å². The van der Waals surface area contributed by atoms with Gasteiger partial charge in [-0.3, -0.25) is 0 Å². The van der Waals surface area contributed by atoms with E-state index in [1.165, 1.54) is 0 Å². The molecule has 3 aromatic rings. The average Bonchev–Trinajstić information content (AvgIpc) is 2.91. The first-order valence-electron chi connectivity index (χ1n) is 12.0. The van der Waals surface area contributed by atoms with Gasteiger partial charge < -0.3 is 28.8 Å². The molecule has 1 N–H and O–H groups in total. The second-order valence-corrected chi connectivity index (χ2v) is 8.73. The summed E-state index contributed by atoms with van der Waals surface area (Å²) in [6.07, 6.45) is -3.87. The molecular weight excluding hydrogens is 444 g/mol. The summed E-state index contributed by atoms with van der Waals surface area (Å²) < 4.78 is 31.0. The second kappa shape index (κ2) is 12.9.